The van der Waals surface area contributed by atoms with Gasteiger partial charge in [0.15, 0.2) is 18.1 Å². The van der Waals surface area contributed by atoms with Crippen molar-refractivity contribution >= 4 is 23.7 Å². The molecule has 2 aromatic carbocycles. The summed E-state index contributed by atoms with van der Waals surface area (Å²) in [6.45, 7) is 6.87. The lowest BCUT2D eigenvalue weighted by molar-refractivity contribution is -0.156. The summed E-state index contributed by atoms with van der Waals surface area (Å²) in [6, 6.07) is 14.2. The summed E-state index contributed by atoms with van der Waals surface area (Å²) < 4.78 is 16.9. The van der Waals surface area contributed by atoms with Crippen molar-refractivity contribution in [1.29, 1.82) is 0 Å². The molecule has 0 spiro atoms. The van der Waals surface area contributed by atoms with Gasteiger partial charge in [-0.15, -0.1) is 0 Å². The lowest BCUT2D eigenvalue weighted by Crippen LogP contribution is -2.46. The van der Waals surface area contributed by atoms with Gasteiger partial charge >= 0.3 is 5.97 Å². The number of esters is 1. The second-order valence-electron chi connectivity index (χ2n) is 11.3. The first-order chi connectivity index (χ1) is 20.7. The zero-order valence-electron chi connectivity index (χ0n) is 25.8. The molecule has 43 heavy (non-hydrogen) atoms. The Morgan fingerprint density at radius 2 is 1.81 bits per heavy atom. The van der Waals surface area contributed by atoms with Crippen LogP contribution < -0.4 is 20.1 Å². The highest BCUT2D eigenvalue weighted by Crippen LogP contribution is 2.35. The molecule has 2 aliphatic rings. The average molecular weight is 596 g/mol. The standard InChI is InChI=1S/C33H45N3O7/c1-5-42-32(40)33(16-15-24(2)3)21-25-13-14-27(28(20-25)41-4)43-22-30(38)34-17-19-36(18-9-12-29(37)35-23-33)31(39)26-10-7-6-8-11-26/h6-8,10-11,13-14,20,24H,5,9,12,15-19,21-23H2,1-4H3,(H,34,38)(H,35,37). The van der Waals surface area contributed by atoms with Crippen LogP contribution in [0.4, 0.5) is 0 Å². The minimum Gasteiger partial charge on any atom is -0.493 e. The normalized spacial score (nSPS) is 18.9. The number of carbonyl (C=O) groups excluding carboxylic acids is 4. The SMILES string of the molecule is CCOC(=O)C1(CCC(C)C)CNC(=O)CCCN(C(=O)c2ccccc2)CCNC(=O)COc2ccc(cc2OC)C1. The first kappa shape index (κ1) is 33.4. The molecule has 3 amide bonds. The van der Waals surface area contributed by atoms with Crippen LogP contribution in [0.3, 0.4) is 0 Å². The van der Waals surface area contributed by atoms with Crippen LogP contribution in [0.2, 0.25) is 0 Å². The molecule has 0 aliphatic carbocycles. The molecule has 10 nitrogen and oxygen atoms in total. The van der Waals surface area contributed by atoms with Gasteiger partial charge in [0.25, 0.3) is 11.8 Å². The number of fused-ring (bicyclic) bond motifs is 16. The Labute approximate surface area is 254 Å². The highest BCUT2D eigenvalue weighted by atomic mass is 16.5. The maximum Gasteiger partial charge on any atom is 0.314 e. The average Bonchev–Trinajstić information content (AvgIpc) is 3.00. The zero-order valence-corrected chi connectivity index (χ0v) is 25.8. The van der Waals surface area contributed by atoms with Crippen molar-refractivity contribution in [1.82, 2.24) is 15.5 Å². The van der Waals surface area contributed by atoms with Gasteiger partial charge in [-0.05, 0) is 68.4 Å². The first-order valence-electron chi connectivity index (χ1n) is 15.0. The molecule has 0 aromatic heterocycles. The van der Waals surface area contributed by atoms with Crippen LogP contribution in [0.25, 0.3) is 0 Å². The molecule has 0 radical (unpaired) electrons. The van der Waals surface area contributed by atoms with E-state index in [0.717, 1.165) is 12.0 Å². The summed E-state index contributed by atoms with van der Waals surface area (Å²) in [7, 11) is 1.51. The van der Waals surface area contributed by atoms with Gasteiger partial charge in [-0.2, -0.15) is 0 Å². The van der Waals surface area contributed by atoms with Crippen LogP contribution in [-0.2, 0) is 25.5 Å². The van der Waals surface area contributed by atoms with Crippen molar-refractivity contribution < 1.29 is 33.4 Å². The Bertz CT molecular complexity index is 1230. The number of hydrogen-bond donors (Lipinski definition) is 2. The summed E-state index contributed by atoms with van der Waals surface area (Å²) in [5, 5.41) is 5.79. The number of rotatable bonds is 7. The number of ether oxygens (including phenoxy) is 3. The maximum atomic E-state index is 13.5. The first-order valence-corrected chi connectivity index (χ1v) is 15.0. The van der Waals surface area contributed by atoms with Crippen LogP contribution >= 0.6 is 0 Å². The van der Waals surface area contributed by atoms with E-state index in [2.05, 4.69) is 24.5 Å². The third-order valence-corrected chi connectivity index (χ3v) is 7.51. The van der Waals surface area contributed by atoms with Crippen molar-refractivity contribution in [2.75, 3.05) is 46.5 Å². The Hall–Kier alpha value is -4.08. The summed E-state index contributed by atoms with van der Waals surface area (Å²) >= 11 is 0. The van der Waals surface area contributed by atoms with Crippen LogP contribution in [0.15, 0.2) is 48.5 Å². The highest BCUT2D eigenvalue weighted by Gasteiger charge is 2.40. The fourth-order valence-corrected chi connectivity index (χ4v) is 5.06. The Morgan fingerprint density at radius 1 is 1.05 bits per heavy atom. The third-order valence-electron chi connectivity index (χ3n) is 7.51. The number of amides is 3. The molecule has 0 fully saturated rings. The van der Waals surface area contributed by atoms with Gasteiger partial charge in [0.2, 0.25) is 5.91 Å². The predicted octanol–water partition coefficient (Wildman–Crippen LogP) is 3.77. The van der Waals surface area contributed by atoms with Gasteiger partial charge in [0.1, 0.15) is 0 Å². The van der Waals surface area contributed by atoms with E-state index in [4.69, 9.17) is 14.2 Å². The third kappa shape index (κ3) is 10.0. The molecule has 2 aliphatic heterocycles. The quantitative estimate of drug-likeness (QED) is 0.369. The van der Waals surface area contributed by atoms with E-state index in [1.54, 1.807) is 48.2 Å². The topological polar surface area (TPSA) is 123 Å². The molecule has 2 heterocycles. The van der Waals surface area contributed by atoms with Gasteiger partial charge in [0, 0.05) is 38.2 Å². The molecule has 2 aromatic rings. The fourth-order valence-electron chi connectivity index (χ4n) is 5.06. The molecule has 4 rings (SSSR count). The molecular weight excluding hydrogens is 550 g/mol. The molecule has 10 heteroatoms. The number of nitrogens with one attached hydrogen (secondary N) is 2. The van der Waals surface area contributed by atoms with E-state index in [0.29, 0.717) is 48.8 Å². The lowest BCUT2D eigenvalue weighted by Gasteiger charge is -2.33. The molecule has 234 valence electrons. The second kappa shape index (κ2) is 16.5. The van der Waals surface area contributed by atoms with E-state index in [-0.39, 0.29) is 63.0 Å². The highest BCUT2D eigenvalue weighted by molar-refractivity contribution is 5.94. The van der Waals surface area contributed by atoms with Crippen molar-refractivity contribution in [3.63, 3.8) is 0 Å². The fraction of sp³-hybridized carbons (Fsp3) is 0.515. The Morgan fingerprint density at radius 3 is 2.51 bits per heavy atom. The summed E-state index contributed by atoms with van der Waals surface area (Å²) in [5.74, 6) is 0.0485. The van der Waals surface area contributed by atoms with Crippen LogP contribution in [-0.4, -0.2) is 75.1 Å². The van der Waals surface area contributed by atoms with Crippen LogP contribution in [0.1, 0.15) is 62.4 Å². The molecule has 0 saturated carbocycles. The Balaban J connectivity index is 1.91. The smallest absolute Gasteiger partial charge is 0.314 e. The Kier molecular flexibility index (Phi) is 12.8. The number of benzene rings is 2. The van der Waals surface area contributed by atoms with E-state index < -0.39 is 5.41 Å². The van der Waals surface area contributed by atoms with Gasteiger partial charge in [-0.1, -0.05) is 38.1 Å². The zero-order chi connectivity index (χ0) is 31.2. The molecule has 2 N–H and O–H groups in total. The van der Waals surface area contributed by atoms with Gasteiger partial charge in [-0.3, -0.25) is 19.2 Å². The summed E-state index contributed by atoms with van der Waals surface area (Å²) in [4.78, 5) is 54.1. The largest absolute Gasteiger partial charge is 0.493 e. The van der Waals surface area contributed by atoms with Crippen molar-refractivity contribution in [3.05, 3.63) is 59.7 Å². The van der Waals surface area contributed by atoms with Crippen LogP contribution in [0.5, 0.6) is 11.5 Å². The van der Waals surface area contributed by atoms with Crippen molar-refractivity contribution in [2.45, 2.75) is 52.9 Å². The van der Waals surface area contributed by atoms with E-state index in [1.165, 1.54) is 7.11 Å². The van der Waals surface area contributed by atoms with Gasteiger partial charge in [0.05, 0.1) is 19.1 Å². The number of hydrogen-bond acceptors (Lipinski definition) is 7. The van der Waals surface area contributed by atoms with Crippen molar-refractivity contribution in [3.8, 4) is 11.5 Å². The predicted molar refractivity (Wildman–Crippen MR) is 163 cm³/mol. The molecule has 0 saturated heterocycles. The lowest BCUT2D eigenvalue weighted by atomic mass is 9.76. The molecule has 1 atom stereocenters. The van der Waals surface area contributed by atoms with E-state index in [9.17, 15) is 19.2 Å². The minimum absolute atomic E-state index is 0.114. The number of methoxy groups -OCH3 is 1. The minimum atomic E-state index is -0.999. The van der Waals surface area contributed by atoms with Crippen molar-refractivity contribution in [2.24, 2.45) is 11.3 Å². The molecular formula is C33H45N3O7. The molecule has 1 unspecified atom stereocenters. The second-order valence-corrected chi connectivity index (χ2v) is 11.3. The van der Waals surface area contributed by atoms with Gasteiger partial charge in [-0.25, -0.2) is 0 Å². The molecule has 2 bridgehead atoms. The monoisotopic (exact) mass is 595 g/mol. The van der Waals surface area contributed by atoms with Gasteiger partial charge < -0.3 is 29.7 Å². The summed E-state index contributed by atoms with van der Waals surface area (Å²) in [5.41, 5.74) is 0.342. The number of carbonyl (C=O) groups is 4. The van der Waals surface area contributed by atoms with E-state index in [1.807, 2.05) is 12.1 Å². The maximum absolute atomic E-state index is 13.5. The van der Waals surface area contributed by atoms with Crippen LogP contribution in [0, 0.1) is 11.3 Å². The van der Waals surface area contributed by atoms with E-state index >= 15 is 0 Å². The summed E-state index contributed by atoms with van der Waals surface area (Å²) in [6.07, 6.45) is 2.18. The number of nitrogens with zero attached hydrogens (tertiary/aromatic N) is 1.